The average molecular weight is 314 g/mol. The minimum absolute atomic E-state index is 0.200. The summed E-state index contributed by atoms with van der Waals surface area (Å²) >= 11 is 1.05. The molecule has 110 valence electrons. The van der Waals surface area contributed by atoms with Crippen LogP contribution in [0.25, 0.3) is 0 Å². The van der Waals surface area contributed by atoms with Gasteiger partial charge in [-0.05, 0) is 53.2 Å². The topological polar surface area (TPSA) is 60.7 Å². The van der Waals surface area contributed by atoms with E-state index in [4.69, 9.17) is 0 Å². The number of rotatable bonds is 4. The quantitative estimate of drug-likeness (QED) is 0.812. The molecule has 0 amide bonds. The lowest BCUT2D eigenvalue weighted by Gasteiger charge is -2.11. The smallest absolute Gasteiger partial charge is 0.298 e. The lowest BCUT2D eigenvalue weighted by Crippen LogP contribution is -2.09. The molecule has 0 N–H and O–H groups in total. The number of tetrazole rings is 1. The Balaban J connectivity index is 1.92. The van der Waals surface area contributed by atoms with Gasteiger partial charge in [-0.15, -0.1) is 5.10 Å². The van der Waals surface area contributed by atoms with Gasteiger partial charge in [0.15, 0.2) is 6.29 Å². The summed E-state index contributed by atoms with van der Waals surface area (Å²) in [5, 5.41) is 11.7. The van der Waals surface area contributed by atoms with E-state index in [1.54, 1.807) is 4.68 Å². The average Bonchev–Trinajstić information content (AvgIpc) is 3.18. The molecule has 0 saturated heterocycles. The summed E-state index contributed by atoms with van der Waals surface area (Å²) in [5.41, 5.74) is -1.33. The van der Waals surface area contributed by atoms with E-state index in [1.807, 2.05) is 0 Å². The number of halogens is 3. The van der Waals surface area contributed by atoms with E-state index in [2.05, 4.69) is 15.5 Å². The number of hydrogen-bond acceptors (Lipinski definition) is 5. The number of alkyl halides is 3. The second kappa shape index (κ2) is 5.14. The lowest BCUT2D eigenvalue weighted by molar-refractivity contribution is -0.138. The summed E-state index contributed by atoms with van der Waals surface area (Å²) in [4.78, 5) is 11.0. The Hall–Kier alpha value is -1.90. The van der Waals surface area contributed by atoms with Crippen LogP contribution in [0.5, 0.6) is 0 Å². The summed E-state index contributed by atoms with van der Waals surface area (Å²) in [6.07, 6.45) is -2.44. The Labute approximate surface area is 121 Å². The van der Waals surface area contributed by atoms with Gasteiger partial charge in [0.25, 0.3) is 0 Å². The molecule has 0 aliphatic heterocycles. The van der Waals surface area contributed by atoms with Gasteiger partial charge in [-0.1, -0.05) is 0 Å². The third-order valence-electron chi connectivity index (χ3n) is 3.02. The molecule has 0 bridgehead atoms. The van der Waals surface area contributed by atoms with Crippen molar-refractivity contribution in [1.82, 2.24) is 20.2 Å². The fraction of sp³-hybridized carbons (Fsp3) is 0.333. The van der Waals surface area contributed by atoms with Crippen molar-refractivity contribution in [3.8, 4) is 0 Å². The monoisotopic (exact) mass is 314 g/mol. The molecule has 0 unspecified atom stereocenters. The van der Waals surface area contributed by atoms with E-state index in [1.165, 1.54) is 6.07 Å². The van der Waals surface area contributed by atoms with Gasteiger partial charge >= 0.3 is 6.18 Å². The predicted octanol–water partition coefficient (Wildman–Crippen LogP) is 2.99. The van der Waals surface area contributed by atoms with Gasteiger partial charge in [0.2, 0.25) is 5.16 Å². The van der Waals surface area contributed by atoms with Crippen molar-refractivity contribution in [2.45, 2.75) is 35.1 Å². The molecular weight excluding hydrogens is 305 g/mol. The van der Waals surface area contributed by atoms with E-state index < -0.39 is 11.7 Å². The van der Waals surface area contributed by atoms with Crippen LogP contribution < -0.4 is 0 Å². The third-order valence-corrected chi connectivity index (χ3v) is 3.96. The molecule has 1 heterocycles. The number of aromatic nitrogens is 4. The minimum Gasteiger partial charge on any atom is -0.298 e. The largest absolute Gasteiger partial charge is 0.417 e. The van der Waals surface area contributed by atoms with Crippen LogP contribution in [0.1, 0.15) is 34.8 Å². The van der Waals surface area contributed by atoms with Crippen molar-refractivity contribution in [2.24, 2.45) is 0 Å². The first-order valence-electron chi connectivity index (χ1n) is 6.11. The standard InChI is InChI=1S/C12H9F3N4OS/c13-12(14,15)10-5-9(4-1-7(10)6-20)21-11-16-17-18-19(11)8-2-3-8/h1,4-6,8H,2-3H2. The molecule has 1 aromatic heterocycles. The second-order valence-electron chi connectivity index (χ2n) is 4.60. The summed E-state index contributed by atoms with van der Waals surface area (Å²) in [6.45, 7) is 0. The van der Waals surface area contributed by atoms with Crippen LogP contribution in [0.2, 0.25) is 0 Å². The number of hydrogen-bond donors (Lipinski definition) is 0. The zero-order chi connectivity index (χ0) is 15.0. The normalized spacial score (nSPS) is 15.2. The Morgan fingerprint density at radius 2 is 2.10 bits per heavy atom. The van der Waals surface area contributed by atoms with Gasteiger partial charge < -0.3 is 0 Å². The zero-order valence-electron chi connectivity index (χ0n) is 10.5. The minimum atomic E-state index is -4.57. The van der Waals surface area contributed by atoms with Gasteiger partial charge in [0, 0.05) is 10.5 Å². The highest BCUT2D eigenvalue weighted by molar-refractivity contribution is 7.99. The fourth-order valence-electron chi connectivity index (χ4n) is 1.85. The van der Waals surface area contributed by atoms with Crippen LogP contribution in [0, 0.1) is 0 Å². The summed E-state index contributed by atoms with van der Waals surface area (Å²) in [7, 11) is 0. The van der Waals surface area contributed by atoms with Crippen LogP contribution in [-0.4, -0.2) is 26.5 Å². The lowest BCUT2D eigenvalue weighted by atomic mass is 10.1. The number of aldehydes is 1. The van der Waals surface area contributed by atoms with Gasteiger partial charge in [0.1, 0.15) is 0 Å². The molecule has 1 fully saturated rings. The maximum Gasteiger partial charge on any atom is 0.417 e. The highest BCUT2D eigenvalue weighted by Crippen LogP contribution is 2.39. The van der Waals surface area contributed by atoms with E-state index in [-0.39, 0.29) is 17.9 Å². The third kappa shape index (κ3) is 2.92. The molecule has 3 rings (SSSR count). The van der Waals surface area contributed by atoms with Crippen LogP contribution in [0.4, 0.5) is 13.2 Å². The molecule has 2 aromatic rings. The number of nitrogens with zero attached hydrogens (tertiary/aromatic N) is 4. The maximum atomic E-state index is 12.9. The Morgan fingerprint density at radius 3 is 2.71 bits per heavy atom. The maximum absolute atomic E-state index is 12.9. The SMILES string of the molecule is O=Cc1ccc(Sc2nnnn2C2CC2)cc1C(F)(F)F. The van der Waals surface area contributed by atoms with Gasteiger partial charge in [-0.2, -0.15) is 13.2 Å². The molecule has 1 aliphatic rings. The molecule has 1 saturated carbocycles. The van der Waals surface area contributed by atoms with Crippen LogP contribution in [0.15, 0.2) is 28.3 Å². The summed E-state index contributed by atoms with van der Waals surface area (Å²) in [6, 6.07) is 3.79. The molecule has 21 heavy (non-hydrogen) atoms. The highest BCUT2D eigenvalue weighted by Gasteiger charge is 2.34. The van der Waals surface area contributed by atoms with Crippen molar-refractivity contribution in [3.63, 3.8) is 0 Å². The van der Waals surface area contributed by atoms with Crippen molar-refractivity contribution in [2.75, 3.05) is 0 Å². The first-order chi connectivity index (χ1) is 9.99. The van der Waals surface area contributed by atoms with Gasteiger partial charge in [-0.25, -0.2) is 4.68 Å². The molecule has 0 spiro atoms. The molecule has 9 heteroatoms. The predicted molar refractivity (Wildman–Crippen MR) is 67.0 cm³/mol. The van der Waals surface area contributed by atoms with Crippen molar-refractivity contribution in [3.05, 3.63) is 29.3 Å². The van der Waals surface area contributed by atoms with Crippen molar-refractivity contribution >= 4 is 18.0 Å². The van der Waals surface area contributed by atoms with Gasteiger partial charge in [0.05, 0.1) is 11.6 Å². The number of benzene rings is 1. The van der Waals surface area contributed by atoms with Crippen LogP contribution in [0.3, 0.4) is 0 Å². The first-order valence-corrected chi connectivity index (χ1v) is 6.93. The fourth-order valence-corrected chi connectivity index (χ4v) is 2.73. The summed E-state index contributed by atoms with van der Waals surface area (Å²) < 4.78 is 40.3. The van der Waals surface area contributed by atoms with Gasteiger partial charge in [-0.3, -0.25) is 4.79 Å². The second-order valence-corrected chi connectivity index (χ2v) is 5.64. The van der Waals surface area contributed by atoms with E-state index >= 15 is 0 Å². The molecule has 5 nitrogen and oxygen atoms in total. The Kier molecular flexibility index (Phi) is 3.44. The molecular formula is C12H9F3N4OS. The van der Waals surface area contributed by atoms with E-state index in [0.29, 0.717) is 10.1 Å². The van der Waals surface area contributed by atoms with Crippen LogP contribution >= 0.6 is 11.8 Å². The number of carbonyl (C=O) groups excluding carboxylic acids is 1. The van der Waals surface area contributed by atoms with E-state index in [0.717, 1.165) is 36.7 Å². The van der Waals surface area contributed by atoms with Crippen LogP contribution in [-0.2, 0) is 6.18 Å². The highest BCUT2D eigenvalue weighted by atomic mass is 32.2. The molecule has 1 aliphatic carbocycles. The Morgan fingerprint density at radius 1 is 1.33 bits per heavy atom. The molecule has 0 radical (unpaired) electrons. The zero-order valence-corrected chi connectivity index (χ0v) is 11.4. The number of carbonyl (C=O) groups is 1. The summed E-state index contributed by atoms with van der Waals surface area (Å²) in [5.74, 6) is 0. The van der Waals surface area contributed by atoms with Crippen molar-refractivity contribution in [1.29, 1.82) is 0 Å². The Bertz CT molecular complexity index is 681. The first kappa shape index (κ1) is 14.1. The van der Waals surface area contributed by atoms with Crippen molar-refractivity contribution < 1.29 is 18.0 Å². The molecule has 0 atom stereocenters. The van der Waals surface area contributed by atoms with E-state index in [9.17, 15) is 18.0 Å². The molecule has 1 aromatic carbocycles.